The maximum atomic E-state index is 13.0. The summed E-state index contributed by atoms with van der Waals surface area (Å²) < 4.78 is 0. The first-order valence-corrected chi connectivity index (χ1v) is 10.7. The number of nitrogens with zero attached hydrogens (tertiary/aromatic N) is 1. The zero-order valence-electron chi connectivity index (χ0n) is 17.9. The molecule has 0 bridgehead atoms. The maximum absolute atomic E-state index is 13.0. The molecule has 3 amide bonds. The van der Waals surface area contributed by atoms with Crippen LogP contribution in [-0.4, -0.2) is 39.9 Å². The lowest BCUT2D eigenvalue weighted by molar-refractivity contribution is -0.136. The predicted molar refractivity (Wildman–Crippen MR) is 126 cm³/mol. The minimum Gasteiger partial charge on any atom is -0.481 e. The predicted octanol–water partition coefficient (Wildman–Crippen LogP) is 4.11. The Morgan fingerprint density at radius 2 is 1.54 bits per heavy atom. The molecule has 0 radical (unpaired) electrons. The van der Waals surface area contributed by atoms with E-state index in [1.807, 2.05) is 0 Å². The van der Waals surface area contributed by atoms with Crippen LogP contribution >= 0.6 is 11.6 Å². The molecule has 1 aliphatic rings. The van der Waals surface area contributed by atoms with Crippen LogP contribution in [0.1, 0.15) is 53.4 Å². The van der Waals surface area contributed by atoms with Gasteiger partial charge in [-0.15, -0.1) is 0 Å². The molecular formula is C25H17ClN2O7. The third-order valence-electron chi connectivity index (χ3n) is 5.43. The number of halogens is 1. The standard InChI is InChI=1S/C25H17ClN2O7/c26-15-5-9-18(25(34)35)20(12-15)27-22(31)14-4-8-17-19(11-14)24(33)28(23(17)32)16-6-1-13(2-7-16)3-10-21(29)30/h1-2,4-9,11-12H,3,10H2,(H,27,31)(H,29,30)(H,34,35). The van der Waals surface area contributed by atoms with Gasteiger partial charge < -0.3 is 15.5 Å². The summed E-state index contributed by atoms with van der Waals surface area (Å²) in [6.45, 7) is 0. The molecule has 176 valence electrons. The lowest BCUT2D eigenvalue weighted by Gasteiger charge is -2.14. The number of carboxylic acids is 2. The van der Waals surface area contributed by atoms with Crippen LogP contribution in [0.3, 0.4) is 0 Å². The van der Waals surface area contributed by atoms with Gasteiger partial charge in [0.25, 0.3) is 17.7 Å². The highest BCUT2D eigenvalue weighted by Crippen LogP contribution is 2.30. The van der Waals surface area contributed by atoms with Gasteiger partial charge in [-0.2, -0.15) is 0 Å². The number of hydrogen-bond acceptors (Lipinski definition) is 5. The van der Waals surface area contributed by atoms with Gasteiger partial charge in [-0.25, -0.2) is 9.69 Å². The molecular weight excluding hydrogens is 476 g/mol. The number of aryl methyl sites for hydroxylation is 1. The molecule has 0 unspecified atom stereocenters. The van der Waals surface area contributed by atoms with Gasteiger partial charge in [0, 0.05) is 17.0 Å². The molecule has 3 aromatic rings. The van der Waals surface area contributed by atoms with Crippen molar-refractivity contribution in [2.45, 2.75) is 12.8 Å². The number of nitrogens with one attached hydrogen (secondary N) is 1. The molecule has 0 saturated carbocycles. The molecule has 0 spiro atoms. The number of carboxylic acid groups (broad SMARTS) is 2. The molecule has 4 rings (SSSR count). The van der Waals surface area contributed by atoms with Gasteiger partial charge in [0.2, 0.25) is 0 Å². The van der Waals surface area contributed by atoms with Crippen molar-refractivity contribution in [1.82, 2.24) is 0 Å². The second kappa shape index (κ2) is 9.40. The van der Waals surface area contributed by atoms with Crippen molar-refractivity contribution in [3.63, 3.8) is 0 Å². The van der Waals surface area contributed by atoms with E-state index >= 15 is 0 Å². The minimum atomic E-state index is -1.25. The quantitative estimate of drug-likeness (QED) is 0.421. The molecule has 35 heavy (non-hydrogen) atoms. The largest absolute Gasteiger partial charge is 0.481 e. The second-order valence-corrected chi connectivity index (χ2v) is 8.15. The highest BCUT2D eigenvalue weighted by molar-refractivity contribution is 6.35. The van der Waals surface area contributed by atoms with Gasteiger partial charge in [-0.3, -0.25) is 19.2 Å². The maximum Gasteiger partial charge on any atom is 0.337 e. The van der Waals surface area contributed by atoms with Gasteiger partial charge in [-0.1, -0.05) is 23.7 Å². The molecule has 0 atom stereocenters. The van der Waals surface area contributed by atoms with Crippen molar-refractivity contribution in [2.75, 3.05) is 10.2 Å². The van der Waals surface area contributed by atoms with Crippen molar-refractivity contribution < 1.29 is 34.2 Å². The van der Waals surface area contributed by atoms with Crippen molar-refractivity contribution in [3.05, 3.63) is 93.5 Å². The first-order valence-electron chi connectivity index (χ1n) is 10.3. The number of imide groups is 1. The first kappa shape index (κ1) is 23.7. The Hall–Kier alpha value is -4.50. The van der Waals surface area contributed by atoms with E-state index in [-0.39, 0.29) is 39.4 Å². The number of carbonyl (C=O) groups excluding carboxylic acids is 3. The third-order valence-corrected chi connectivity index (χ3v) is 5.67. The van der Waals surface area contributed by atoms with Crippen LogP contribution in [0.5, 0.6) is 0 Å². The van der Waals surface area contributed by atoms with Gasteiger partial charge in [0.1, 0.15) is 0 Å². The summed E-state index contributed by atoms with van der Waals surface area (Å²) in [5.41, 5.74) is 1.08. The average molecular weight is 493 g/mol. The summed E-state index contributed by atoms with van der Waals surface area (Å²) in [5, 5.41) is 20.8. The number of hydrogen-bond donors (Lipinski definition) is 3. The zero-order valence-corrected chi connectivity index (χ0v) is 18.7. The number of aliphatic carboxylic acids is 1. The number of benzene rings is 3. The van der Waals surface area contributed by atoms with Crippen molar-refractivity contribution in [1.29, 1.82) is 0 Å². The van der Waals surface area contributed by atoms with Crippen LogP contribution in [0.2, 0.25) is 5.02 Å². The summed E-state index contributed by atoms with van der Waals surface area (Å²) in [6, 6.07) is 14.3. The fourth-order valence-electron chi connectivity index (χ4n) is 3.68. The number of rotatable bonds is 7. The number of aromatic carboxylic acids is 1. The van der Waals surface area contributed by atoms with Crippen LogP contribution < -0.4 is 10.2 Å². The Morgan fingerprint density at radius 3 is 2.20 bits per heavy atom. The molecule has 0 saturated heterocycles. The van der Waals surface area contributed by atoms with Crippen molar-refractivity contribution in [3.8, 4) is 0 Å². The monoisotopic (exact) mass is 492 g/mol. The SMILES string of the molecule is O=C(O)CCc1ccc(N2C(=O)c3ccc(C(=O)Nc4cc(Cl)ccc4C(=O)O)cc3C2=O)cc1. The molecule has 0 aromatic heterocycles. The minimum absolute atomic E-state index is 0.0116. The lowest BCUT2D eigenvalue weighted by atomic mass is 10.0. The molecule has 3 aromatic carbocycles. The fraction of sp³-hybridized carbons (Fsp3) is 0.0800. The number of carbonyl (C=O) groups is 5. The zero-order chi connectivity index (χ0) is 25.3. The van der Waals surface area contributed by atoms with E-state index in [0.29, 0.717) is 12.1 Å². The molecule has 9 nitrogen and oxygen atoms in total. The van der Waals surface area contributed by atoms with Gasteiger partial charge in [0.15, 0.2) is 0 Å². The van der Waals surface area contributed by atoms with E-state index in [2.05, 4.69) is 5.32 Å². The van der Waals surface area contributed by atoms with E-state index in [9.17, 15) is 29.1 Å². The first-order chi connectivity index (χ1) is 16.7. The topological polar surface area (TPSA) is 141 Å². The molecule has 1 aliphatic heterocycles. The van der Waals surface area contributed by atoms with E-state index < -0.39 is 29.7 Å². The van der Waals surface area contributed by atoms with Gasteiger partial charge in [0.05, 0.1) is 28.1 Å². The Balaban J connectivity index is 1.57. The van der Waals surface area contributed by atoms with Gasteiger partial charge >= 0.3 is 11.9 Å². The highest BCUT2D eigenvalue weighted by atomic mass is 35.5. The normalized spacial score (nSPS) is 12.4. The molecule has 0 aliphatic carbocycles. The molecule has 10 heteroatoms. The Morgan fingerprint density at radius 1 is 0.857 bits per heavy atom. The van der Waals surface area contributed by atoms with E-state index in [1.165, 1.54) is 36.4 Å². The second-order valence-electron chi connectivity index (χ2n) is 7.72. The molecule has 0 fully saturated rings. The Labute approximate surface area is 203 Å². The van der Waals surface area contributed by atoms with Crippen LogP contribution in [-0.2, 0) is 11.2 Å². The van der Waals surface area contributed by atoms with Crippen LogP contribution in [0, 0.1) is 0 Å². The van der Waals surface area contributed by atoms with Crippen molar-refractivity contribution >= 4 is 52.6 Å². The number of anilines is 2. The van der Waals surface area contributed by atoms with Crippen LogP contribution in [0.25, 0.3) is 0 Å². The smallest absolute Gasteiger partial charge is 0.337 e. The molecule has 3 N–H and O–H groups in total. The third kappa shape index (κ3) is 4.75. The van der Waals surface area contributed by atoms with Crippen LogP contribution in [0.4, 0.5) is 11.4 Å². The highest BCUT2D eigenvalue weighted by Gasteiger charge is 2.37. The average Bonchev–Trinajstić information content (AvgIpc) is 3.07. The van der Waals surface area contributed by atoms with E-state index in [0.717, 1.165) is 10.5 Å². The van der Waals surface area contributed by atoms with Gasteiger partial charge in [-0.05, 0) is 60.5 Å². The van der Waals surface area contributed by atoms with E-state index in [4.69, 9.17) is 16.7 Å². The van der Waals surface area contributed by atoms with Crippen molar-refractivity contribution in [2.24, 2.45) is 0 Å². The summed E-state index contributed by atoms with van der Waals surface area (Å²) in [7, 11) is 0. The summed E-state index contributed by atoms with van der Waals surface area (Å²) in [5.74, 6) is -4.04. The Kier molecular flexibility index (Phi) is 6.35. The number of fused-ring (bicyclic) bond motifs is 1. The fourth-order valence-corrected chi connectivity index (χ4v) is 3.85. The van der Waals surface area contributed by atoms with E-state index in [1.54, 1.807) is 24.3 Å². The lowest BCUT2D eigenvalue weighted by Crippen LogP contribution is -2.29. The summed E-state index contributed by atoms with van der Waals surface area (Å²) in [4.78, 5) is 61.9. The molecule has 1 heterocycles. The van der Waals surface area contributed by atoms with Crippen LogP contribution in [0.15, 0.2) is 60.7 Å². The number of amides is 3. The summed E-state index contributed by atoms with van der Waals surface area (Å²) >= 11 is 5.92. The summed E-state index contributed by atoms with van der Waals surface area (Å²) in [6.07, 6.45) is 0.271. The Bertz CT molecular complexity index is 1400.